The SMILES string of the molecule is COCc1[nH]nc2c1C(c1cccc(Br)c1)C(C#N)=C(N)O2. The third-order valence-corrected chi connectivity index (χ3v) is 3.98. The first-order valence-corrected chi connectivity index (χ1v) is 7.34. The number of hydrogen-bond donors (Lipinski definition) is 2. The molecule has 0 radical (unpaired) electrons. The van der Waals surface area contributed by atoms with E-state index in [9.17, 15) is 5.26 Å². The number of methoxy groups -OCH3 is 1. The van der Waals surface area contributed by atoms with Crippen molar-refractivity contribution >= 4 is 15.9 Å². The molecule has 7 heteroatoms. The predicted octanol–water partition coefficient (Wildman–Crippen LogP) is 2.54. The lowest BCUT2D eigenvalue weighted by Crippen LogP contribution is -2.21. The van der Waals surface area contributed by atoms with Crippen LogP contribution in [0.3, 0.4) is 0 Å². The Kier molecular flexibility index (Phi) is 3.88. The topological polar surface area (TPSA) is 97.0 Å². The third kappa shape index (κ3) is 2.36. The summed E-state index contributed by atoms with van der Waals surface area (Å²) in [4.78, 5) is 0. The van der Waals surface area contributed by atoms with E-state index in [1.54, 1.807) is 7.11 Å². The molecule has 2 aromatic rings. The summed E-state index contributed by atoms with van der Waals surface area (Å²) in [6.45, 7) is 0.342. The van der Waals surface area contributed by atoms with Crippen LogP contribution in [0.1, 0.15) is 22.7 Å². The summed E-state index contributed by atoms with van der Waals surface area (Å²) in [7, 11) is 1.60. The van der Waals surface area contributed by atoms with Crippen LogP contribution in [-0.2, 0) is 11.3 Å². The minimum Gasteiger partial charge on any atom is -0.420 e. The van der Waals surface area contributed by atoms with Crippen molar-refractivity contribution < 1.29 is 9.47 Å². The highest BCUT2D eigenvalue weighted by atomic mass is 79.9. The van der Waals surface area contributed by atoms with Gasteiger partial charge in [0.2, 0.25) is 11.8 Å². The number of allylic oxidation sites excluding steroid dienone is 1. The lowest BCUT2D eigenvalue weighted by molar-refractivity contribution is 0.180. The fourth-order valence-electron chi connectivity index (χ4n) is 2.58. The number of nitriles is 1. The number of hydrogen-bond acceptors (Lipinski definition) is 5. The fraction of sp³-hybridized carbons (Fsp3) is 0.200. The van der Waals surface area contributed by atoms with E-state index in [-0.39, 0.29) is 11.8 Å². The van der Waals surface area contributed by atoms with Crippen molar-refractivity contribution in [2.24, 2.45) is 5.73 Å². The predicted molar refractivity (Wildman–Crippen MR) is 82.7 cm³/mol. The molecule has 0 spiro atoms. The van der Waals surface area contributed by atoms with Crippen LogP contribution >= 0.6 is 15.9 Å². The number of benzene rings is 1. The van der Waals surface area contributed by atoms with Crippen LogP contribution in [0.2, 0.25) is 0 Å². The monoisotopic (exact) mass is 360 g/mol. The minimum atomic E-state index is -0.338. The quantitative estimate of drug-likeness (QED) is 0.876. The second kappa shape index (κ2) is 5.83. The molecule has 0 saturated heterocycles. The average Bonchev–Trinajstić information content (AvgIpc) is 2.88. The van der Waals surface area contributed by atoms with E-state index >= 15 is 0 Å². The Bertz CT molecular complexity index is 791. The lowest BCUT2D eigenvalue weighted by Gasteiger charge is -2.24. The largest absolute Gasteiger partial charge is 0.420 e. The molecule has 1 atom stereocenters. The Balaban J connectivity index is 2.21. The van der Waals surface area contributed by atoms with Gasteiger partial charge in [0, 0.05) is 11.6 Å². The maximum atomic E-state index is 9.50. The van der Waals surface area contributed by atoms with Gasteiger partial charge in [0.25, 0.3) is 0 Å². The molecule has 2 heterocycles. The molecular weight excluding hydrogens is 348 g/mol. The van der Waals surface area contributed by atoms with E-state index in [4.69, 9.17) is 15.2 Å². The summed E-state index contributed by atoms with van der Waals surface area (Å²) in [6.07, 6.45) is 0. The van der Waals surface area contributed by atoms with E-state index in [0.29, 0.717) is 18.1 Å². The summed E-state index contributed by atoms with van der Waals surface area (Å²) in [5.41, 5.74) is 8.73. The Morgan fingerprint density at radius 3 is 3.05 bits per heavy atom. The third-order valence-electron chi connectivity index (χ3n) is 3.49. The molecule has 112 valence electrons. The van der Waals surface area contributed by atoms with Crippen molar-refractivity contribution in [2.75, 3.05) is 7.11 Å². The maximum Gasteiger partial charge on any atom is 0.244 e. The van der Waals surface area contributed by atoms with Gasteiger partial charge in [-0.2, -0.15) is 5.26 Å². The van der Waals surface area contributed by atoms with Crippen LogP contribution in [0.25, 0.3) is 0 Å². The van der Waals surface area contributed by atoms with Crippen molar-refractivity contribution in [3.63, 3.8) is 0 Å². The minimum absolute atomic E-state index is 0.0791. The molecular formula is C15H13BrN4O2. The van der Waals surface area contributed by atoms with Crippen LogP contribution < -0.4 is 10.5 Å². The Hall–Kier alpha value is -2.30. The summed E-state index contributed by atoms with van der Waals surface area (Å²) in [5.74, 6) is 0.124. The van der Waals surface area contributed by atoms with E-state index < -0.39 is 0 Å². The molecule has 6 nitrogen and oxygen atoms in total. The van der Waals surface area contributed by atoms with Crippen LogP contribution in [-0.4, -0.2) is 17.3 Å². The zero-order valence-corrected chi connectivity index (χ0v) is 13.3. The zero-order valence-electron chi connectivity index (χ0n) is 11.8. The van der Waals surface area contributed by atoms with Gasteiger partial charge in [-0.25, -0.2) is 0 Å². The maximum absolute atomic E-state index is 9.50. The van der Waals surface area contributed by atoms with Crippen molar-refractivity contribution in [3.8, 4) is 11.9 Å². The van der Waals surface area contributed by atoms with E-state index in [2.05, 4.69) is 32.2 Å². The highest BCUT2D eigenvalue weighted by molar-refractivity contribution is 9.10. The van der Waals surface area contributed by atoms with Crippen molar-refractivity contribution in [3.05, 3.63) is 57.0 Å². The van der Waals surface area contributed by atoms with Gasteiger partial charge >= 0.3 is 0 Å². The Morgan fingerprint density at radius 2 is 2.36 bits per heavy atom. The molecule has 0 saturated carbocycles. The number of nitrogens with one attached hydrogen (secondary N) is 1. The second-order valence-electron chi connectivity index (χ2n) is 4.83. The van der Waals surface area contributed by atoms with Gasteiger partial charge in [-0.3, -0.25) is 5.10 Å². The molecule has 1 unspecified atom stereocenters. The summed E-state index contributed by atoms with van der Waals surface area (Å²) >= 11 is 3.46. The van der Waals surface area contributed by atoms with Crippen LogP contribution in [0.5, 0.6) is 5.88 Å². The molecule has 1 aliphatic heterocycles. The number of ether oxygens (including phenoxy) is 2. The first-order valence-electron chi connectivity index (χ1n) is 6.54. The number of nitrogens with two attached hydrogens (primary N) is 1. The summed E-state index contributed by atoms with van der Waals surface area (Å²) in [5, 5.41) is 16.5. The number of aromatic amines is 1. The molecule has 3 rings (SSSR count). The lowest BCUT2D eigenvalue weighted by atomic mass is 9.84. The molecule has 0 bridgehead atoms. The number of aromatic nitrogens is 2. The van der Waals surface area contributed by atoms with Gasteiger partial charge in [0.15, 0.2) is 0 Å². The second-order valence-corrected chi connectivity index (χ2v) is 5.75. The standard InChI is InChI=1S/C15H13BrN4O2/c1-21-7-11-13-12(8-3-2-4-9(16)5-8)10(6-17)14(18)22-15(13)20-19-11/h2-5,12H,7,18H2,1H3,(H,19,20). The van der Waals surface area contributed by atoms with Crippen molar-refractivity contribution in [1.29, 1.82) is 5.26 Å². The van der Waals surface area contributed by atoms with Gasteiger partial charge in [0.05, 0.1) is 23.8 Å². The molecule has 0 aliphatic carbocycles. The number of H-pyrrole nitrogens is 1. The van der Waals surface area contributed by atoms with Gasteiger partial charge in [0.1, 0.15) is 11.6 Å². The van der Waals surface area contributed by atoms with Crippen LogP contribution in [0.15, 0.2) is 40.2 Å². The van der Waals surface area contributed by atoms with Gasteiger partial charge in [-0.1, -0.05) is 28.1 Å². The van der Waals surface area contributed by atoms with E-state index in [1.165, 1.54) is 0 Å². The Morgan fingerprint density at radius 1 is 1.55 bits per heavy atom. The molecule has 1 aliphatic rings. The zero-order chi connectivity index (χ0) is 15.7. The molecule has 0 fully saturated rings. The number of nitrogens with zero attached hydrogens (tertiary/aromatic N) is 2. The molecule has 0 amide bonds. The first-order chi connectivity index (χ1) is 10.7. The van der Waals surface area contributed by atoms with Crippen molar-refractivity contribution in [2.45, 2.75) is 12.5 Å². The smallest absolute Gasteiger partial charge is 0.244 e. The van der Waals surface area contributed by atoms with E-state index in [0.717, 1.165) is 21.3 Å². The fourth-order valence-corrected chi connectivity index (χ4v) is 3.00. The number of rotatable bonds is 3. The Labute approximate surface area is 135 Å². The number of fused-ring (bicyclic) bond motifs is 1. The highest BCUT2D eigenvalue weighted by Gasteiger charge is 2.35. The molecule has 1 aromatic carbocycles. The summed E-state index contributed by atoms with van der Waals surface area (Å²) < 4.78 is 11.6. The van der Waals surface area contributed by atoms with Crippen molar-refractivity contribution in [1.82, 2.24) is 10.2 Å². The van der Waals surface area contributed by atoms with Gasteiger partial charge in [-0.05, 0) is 17.7 Å². The molecule has 3 N–H and O–H groups in total. The van der Waals surface area contributed by atoms with Crippen LogP contribution in [0.4, 0.5) is 0 Å². The van der Waals surface area contributed by atoms with Gasteiger partial charge in [-0.15, -0.1) is 5.10 Å². The van der Waals surface area contributed by atoms with E-state index in [1.807, 2.05) is 24.3 Å². The first kappa shape index (κ1) is 14.6. The highest BCUT2D eigenvalue weighted by Crippen LogP contribution is 2.43. The molecule has 22 heavy (non-hydrogen) atoms. The van der Waals surface area contributed by atoms with Crippen LogP contribution in [0, 0.1) is 11.3 Å². The average molecular weight is 361 g/mol. The normalized spacial score (nSPS) is 16.9. The summed E-state index contributed by atoms with van der Waals surface area (Å²) in [6, 6.07) is 9.89. The van der Waals surface area contributed by atoms with Gasteiger partial charge < -0.3 is 15.2 Å². The molecule has 1 aromatic heterocycles. The number of halogens is 1.